The number of hydrogen-bond donors (Lipinski definition) is 1. The summed E-state index contributed by atoms with van der Waals surface area (Å²) < 4.78 is 7.45. The SMILES string of the molecule is COc1ccc2ccccc2c1CCNC(=O)c1cnn2c1CCC2. The Bertz CT molecular complexity index is 930. The molecule has 1 aliphatic heterocycles. The Morgan fingerprint density at radius 2 is 2.16 bits per heavy atom. The van der Waals surface area contributed by atoms with Gasteiger partial charge in [0.25, 0.3) is 5.91 Å². The molecule has 0 fully saturated rings. The summed E-state index contributed by atoms with van der Waals surface area (Å²) in [7, 11) is 1.68. The first-order chi connectivity index (χ1) is 12.3. The molecule has 0 atom stereocenters. The number of carbonyl (C=O) groups is 1. The van der Waals surface area contributed by atoms with Crippen molar-refractivity contribution in [3.8, 4) is 5.75 Å². The van der Waals surface area contributed by atoms with E-state index in [2.05, 4.69) is 28.6 Å². The van der Waals surface area contributed by atoms with Gasteiger partial charge < -0.3 is 10.1 Å². The third kappa shape index (κ3) is 2.86. The van der Waals surface area contributed by atoms with Crippen LogP contribution < -0.4 is 10.1 Å². The van der Waals surface area contributed by atoms with Crippen LogP contribution in [-0.4, -0.2) is 29.3 Å². The first-order valence-corrected chi connectivity index (χ1v) is 8.65. The van der Waals surface area contributed by atoms with E-state index in [1.165, 1.54) is 10.8 Å². The third-order valence-electron chi connectivity index (χ3n) is 4.85. The van der Waals surface area contributed by atoms with Gasteiger partial charge in [-0.25, -0.2) is 0 Å². The van der Waals surface area contributed by atoms with Gasteiger partial charge in [-0.1, -0.05) is 30.3 Å². The molecule has 0 saturated heterocycles. The van der Waals surface area contributed by atoms with Crippen LogP contribution in [0.3, 0.4) is 0 Å². The van der Waals surface area contributed by atoms with E-state index in [1.807, 2.05) is 22.9 Å². The Labute approximate surface area is 146 Å². The molecule has 0 spiro atoms. The van der Waals surface area contributed by atoms with Crippen LogP contribution in [0, 0.1) is 0 Å². The average Bonchev–Trinajstić information content (AvgIpc) is 3.25. The van der Waals surface area contributed by atoms with Crippen LogP contribution in [0.25, 0.3) is 10.8 Å². The highest BCUT2D eigenvalue weighted by molar-refractivity contribution is 5.95. The number of aryl methyl sites for hydroxylation is 1. The van der Waals surface area contributed by atoms with Gasteiger partial charge >= 0.3 is 0 Å². The Morgan fingerprint density at radius 1 is 1.28 bits per heavy atom. The average molecular weight is 335 g/mol. The van der Waals surface area contributed by atoms with Gasteiger partial charge in [0.15, 0.2) is 0 Å². The topological polar surface area (TPSA) is 56.1 Å². The van der Waals surface area contributed by atoms with Crippen LogP contribution in [-0.2, 0) is 19.4 Å². The molecular weight excluding hydrogens is 314 g/mol. The van der Waals surface area contributed by atoms with Crippen molar-refractivity contribution in [2.75, 3.05) is 13.7 Å². The van der Waals surface area contributed by atoms with Crippen molar-refractivity contribution >= 4 is 16.7 Å². The minimum absolute atomic E-state index is 0.0395. The van der Waals surface area contributed by atoms with Gasteiger partial charge in [-0.2, -0.15) is 5.10 Å². The zero-order chi connectivity index (χ0) is 17.2. The maximum atomic E-state index is 12.5. The van der Waals surface area contributed by atoms with Gasteiger partial charge in [0.1, 0.15) is 5.75 Å². The fraction of sp³-hybridized carbons (Fsp3) is 0.300. The Hall–Kier alpha value is -2.82. The number of nitrogens with one attached hydrogen (secondary N) is 1. The smallest absolute Gasteiger partial charge is 0.254 e. The number of ether oxygens (including phenoxy) is 1. The van der Waals surface area contributed by atoms with Gasteiger partial charge in [0, 0.05) is 18.7 Å². The lowest BCUT2D eigenvalue weighted by Crippen LogP contribution is -2.26. The van der Waals surface area contributed by atoms with Crippen LogP contribution in [0.2, 0.25) is 0 Å². The Balaban J connectivity index is 1.50. The van der Waals surface area contributed by atoms with Crippen LogP contribution in [0.5, 0.6) is 5.75 Å². The van der Waals surface area contributed by atoms with Crippen molar-refractivity contribution < 1.29 is 9.53 Å². The van der Waals surface area contributed by atoms with Crippen LogP contribution >= 0.6 is 0 Å². The van der Waals surface area contributed by atoms with Gasteiger partial charge in [0.05, 0.1) is 24.6 Å². The monoisotopic (exact) mass is 335 g/mol. The number of rotatable bonds is 5. The van der Waals surface area contributed by atoms with Crippen molar-refractivity contribution in [2.45, 2.75) is 25.8 Å². The van der Waals surface area contributed by atoms with Gasteiger partial charge in [-0.3, -0.25) is 9.48 Å². The number of hydrogen-bond acceptors (Lipinski definition) is 3. The second kappa shape index (κ2) is 6.59. The third-order valence-corrected chi connectivity index (χ3v) is 4.85. The summed E-state index contributed by atoms with van der Waals surface area (Å²) in [6.07, 6.45) is 4.40. The molecule has 5 nitrogen and oxygen atoms in total. The second-order valence-electron chi connectivity index (χ2n) is 6.31. The molecular formula is C20H21N3O2. The largest absolute Gasteiger partial charge is 0.496 e. The molecule has 2 aromatic carbocycles. The van der Waals surface area contributed by atoms with Crippen LogP contribution in [0.15, 0.2) is 42.6 Å². The molecule has 25 heavy (non-hydrogen) atoms. The molecule has 3 aromatic rings. The number of benzene rings is 2. The first-order valence-electron chi connectivity index (χ1n) is 8.65. The molecule has 0 bridgehead atoms. The number of fused-ring (bicyclic) bond motifs is 2. The van der Waals surface area contributed by atoms with Crippen molar-refractivity contribution in [3.05, 3.63) is 59.4 Å². The van der Waals surface area contributed by atoms with E-state index in [-0.39, 0.29) is 5.91 Å². The molecule has 4 rings (SSSR count). The van der Waals surface area contributed by atoms with E-state index >= 15 is 0 Å². The molecule has 2 heterocycles. The van der Waals surface area contributed by atoms with E-state index in [4.69, 9.17) is 4.74 Å². The highest BCUT2D eigenvalue weighted by Gasteiger charge is 2.20. The minimum Gasteiger partial charge on any atom is -0.496 e. The summed E-state index contributed by atoms with van der Waals surface area (Å²) in [5.74, 6) is 0.821. The van der Waals surface area contributed by atoms with Gasteiger partial charge in [0.2, 0.25) is 0 Å². The fourth-order valence-electron chi connectivity index (χ4n) is 3.61. The first kappa shape index (κ1) is 15.7. The molecule has 0 radical (unpaired) electrons. The van der Waals surface area contributed by atoms with Gasteiger partial charge in [-0.05, 0) is 36.1 Å². The fourth-order valence-corrected chi connectivity index (χ4v) is 3.61. The van der Waals surface area contributed by atoms with Crippen molar-refractivity contribution in [3.63, 3.8) is 0 Å². The van der Waals surface area contributed by atoms with Crippen LogP contribution in [0.1, 0.15) is 28.0 Å². The molecule has 1 N–H and O–H groups in total. The summed E-state index contributed by atoms with van der Waals surface area (Å²) in [6.45, 7) is 1.48. The molecule has 0 unspecified atom stereocenters. The molecule has 0 aliphatic carbocycles. The highest BCUT2D eigenvalue weighted by atomic mass is 16.5. The zero-order valence-electron chi connectivity index (χ0n) is 14.3. The summed E-state index contributed by atoms with van der Waals surface area (Å²) in [4.78, 5) is 12.5. The maximum Gasteiger partial charge on any atom is 0.254 e. The van der Waals surface area contributed by atoms with Gasteiger partial charge in [-0.15, -0.1) is 0 Å². The minimum atomic E-state index is -0.0395. The quantitative estimate of drug-likeness (QED) is 0.780. The molecule has 1 amide bonds. The van der Waals surface area contributed by atoms with Crippen molar-refractivity contribution in [2.24, 2.45) is 0 Å². The van der Waals surface area contributed by atoms with E-state index in [1.54, 1.807) is 13.3 Å². The van der Waals surface area contributed by atoms with E-state index < -0.39 is 0 Å². The molecule has 0 saturated carbocycles. The molecule has 1 aromatic heterocycles. The van der Waals surface area contributed by atoms with Crippen molar-refractivity contribution in [1.82, 2.24) is 15.1 Å². The summed E-state index contributed by atoms with van der Waals surface area (Å²) in [6, 6.07) is 12.3. The maximum absolute atomic E-state index is 12.5. The van der Waals surface area contributed by atoms with Crippen LogP contribution in [0.4, 0.5) is 0 Å². The normalized spacial score (nSPS) is 13.0. The number of nitrogens with zero attached hydrogens (tertiary/aromatic N) is 2. The lowest BCUT2D eigenvalue weighted by Gasteiger charge is -2.12. The number of aromatic nitrogens is 2. The summed E-state index contributed by atoms with van der Waals surface area (Å²) in [5.41, 5.74) is 2.89. The summed E-state index contributed by atoms with van der Waals surface area (Å²) >= 11 is 0. The Morgan fingerprint density at radius 3 is 3.04 bits per heavy atom. The van der Waals surface area contributed by atoms with E-state index in [9.17, 15) is 4.79 Å². The number of carbonyl (C=O) groups excluding carboxylic acids is 1. The second-order valence-corrected chi connectivity index (χ2v) is 6.31. The summed E-state index contributed by atoms with van der Waals surface area (Å²) in [5, 5.41) is 9.67. The predicted octanol–water partition coefficient (Wildman–Crippen LogP) is 2.96. The van der Waals surface area contributed by atoms with E-state index in [0.717, 1.165) is 42.8 Å². The van der Waals surface area contributed by atoms with Crippen molar-refractivity contribution in [1.29, 1.82) is 0 Å². The molecule has 128 valence electrons. The Kier molecular flexibility index (Phi) is 4.14. The molecule has 1 aliphatic rings. The standard InChI is InChI=1S/C20H21N3O2/c1-25-19-9-8-14-5-2-3-6-15(14)16(19)10-11-21-20(24)17-13-22-23-12-4-7-18(17)23/h2-3,5-6,8-9,13H,4,7,10-12H2,1H3,(H,21,24). The number of methoxy groups -OCH3 is 1. The molecule has 5 heteroatoms. The highest BCUT2D eigenvalue weighted by Crippen LogP contribution is 2.28. The number of amides is 1. The predicted molar refractivity (Wildman–Crippen MR) is 97.1 cm³/mol. The zero-order valence-corrected chi connectivity index (χ0v) is 14.3. The lowest BCUT2D eigenvalue weighted by atomic mass is 10.0. The lowest BCUT2D eigenvalue weighted by molar-refractivity contribution is 0.0953. The van der Waals surface area contributed by atoms with E-state index in [0.29, 0.717) is 12.1 Å².